The van der Waals surface area contributed by atoms with Gasteiger partial charge < -0.3 is 24.1 Å². The Morgan fingerprint density at radius 3 is 2.74 bits per heavy atom. The molecule has 0 aromatic carbocycles. The Bertz CT molecular complexity index is 527. The number of methoxy groups -OCH3 is 1. The van der Waals surface area contributed by atoms with Gasteiger partial charge in [0.1, 0.15) is 6.10 Å². The number of aliphatic hydroxyl groups excluding tert-OH is 1. The molecule has 2 aliphatic heterocycles. The number of rotatable bonds is 3. The number of hydrogen-bond donors (Lipinski definition) is 1. The number of esters is 2. The molecule has 3 rings (SSSR count). The fourth-order valence-electron chi connectivity index (χ4n) is 3.67. The van der Waals surface area contributed by atoms with Gasteiger partial charge in [0.05, 0.1) is 38.3 Å². The van der Waals surface area contributed by atoms with Crippen LogP contribution in [0.3, 0.4) is 0 Å². The molecule has 7 heteroatoms. The molecular weight excluding hydrogens is 304 g/mol. The van der Waals surface area contributed by atoms with E-state index in [0.29, 0.717) is 0 Å². The summed E-state index contributed by atoms with van der Waals surface area (Å²) in [4.78, 5) is 24.3. The monoisotopic (exact) mass is 326 g/mol. The van der Waals surface area contributed by atoms with Crippen molar-refractivity contribution < 1.29 is 33.6 Å². The zero-order valence-corrected chi connectivity index (χ0v) is 13.4. The third-order valence-electron chi connectivity index (χ3n) is 4.81. The van der Waals surface area contributed by atoms with E-state index >= 15 is 0 Å². The maximum absolute atomic E-state index is 12.3. The Hall–Kier alpha value is -1.44. The first kappa shape index (κ1) is 16.4. The summed E-state index contributed by atoms with van der Waals surface area (Å²) in [7, 11) is 1.28. The van der Waals surface area contributed by atoms with Gasteiger partial charge in [-0.2, -0.15) is 0 Å². The Morgan fingerprint density at radius 1 is 1.39 bits per heavy atom. The van der Waals surface area contributed by atoms with E-state index in [9.17, 15) is 14.7 Å². The summed E-state index contributed by atoms with van der Waals surface area (Å²) >= 11 is 0. The van der Waals surface area contributed by atoms with Crippen molar-refractivity contribution in [3.63, 3.8) is 0 Å². The predicted octanol–water partition coefficient (Wildman–Crippen LogP) is 0.263. The van der Waals surface area contributed by atoms with Crippen LogP contribution < -0.4 is 0 Å². The summed E-state index contributed by atoms with van der Waals surface area (Å²) in [6, 6.07) is 0. The molecule has 6 atom stereocenters. The summed E-state index contributed by atoms with van der Waals surface area (Å²) in [6.45, 7) is 4.01. The van der Waals surface area contributed by atoms with Gasteiger partial charge in [-0.3, -0.25) is 9.59 Å². The third-order valence-corrected chi connectivity index (χ3v) is 4.81. The van der Waals surface area contributed by atoms with Gasteiger partial charge in [0.2, 0.25) is 0 Å². The smallest absolute Gasteiger partial charge is 0.310 e. The lowest BCUT2D eigenvalue weighted by Gasteiger charge is -2.36. The average Bonchev–Trinajstić information content (AvgIpc) is 3.08. The highest BCUT2D eigenvalue weighted by Crippen LogP contribution is 2.42. The maximum Gasteiger partial charge on any atom is 0.310 e. The van der Waals surface area contributed by atoms with E-state index in [1.807, 2.05) is 6.08 Å². The highest BCUT2D eigenvalue weighted by molar-refractivity contribution is 5.84. The molecule has 0 spiro atoms. The number of fused-ring (bicyclic) bond motifs is 1. The van der Waals surface area contributed by atoms with Gasteiger partial charge in [0.15, 0.2) is 5.79 Å². The Morgan fingerprint density at radius 2 is 2.13 bits per heavy atom. The molecule has 0 bridgehead atoms. The number of cyclic esters (lactones) is 1. The minimum Gasteiger partial charge on any atom is -0.469 e. The Balaban J connectivity index is 1.86. The van der Waals surface area contributed by atoms with E-state index in [0.717, 1.165) is 0 Å². The largest absolute Gasteiger partial charge is 0.469 e. The van der Waals surface area contributed by atoms with Crippen LogP contribution in [-0.2, 0) is 28.5 Å². The van der Waals surface area contributed by atoms with Crippen molar-refractivity contribution in [1.29, 1.82) is 0 Å². The van der Waals surface area contributed by atoms with Gasteiger partial charge >= 0.3 is 11.9 Å². The van der Waals surface area contributed by atoms with E-state index < -0.39 is 47.7 Å². The van der Waals surface area contributed by atoms with Gasteiger partial charge in [0.25, 0.3) is 0 Å². The zero-order valence-electron chi connectivity index (χ0n) is 13.4. The fourth-order valence-corrected chi connectivity index (χ4v) is 3.67. The second-order valence-corrected chi connectivity index (χ2v) is 6.69. The first-order valence-corrected chi connectivity index (χ1v) is 7.76. The van der Waals surface area contributed by atoms with Gasteiger partial charge in [-0.05, 0) is 13.8 Å². The molecule has 3 aliphatic rings. The molecular formula is C16H22O7. The summed E-state index contributed by atoms with van der Waals surface area (Å²) in [5.74, 6) is -3.88. The van der Waals surface area contributed by atoms with Crippen molar-refractivity contribution in [2.45, 2.75) is 31.8 Å². The topological polar surface area (TPSA) is 91.3 Å². The molecule has 7 nitrogen and oxygen atoms in total. The molecule has 0 saturated carbocycles. The highest BCUT2D eigenvalue weighted by Gasteiger charge is 2.53. The third kappa shape index (κ3) is 2.88. The lowest BCUT2D eigenvalue weighted by Crippen LogP contribution is -2.47. The number of carbonyl (C=O) groups excluding carboxylic acids is 2. The minimum absolute atomic E-state index is 0.160. The van der Waals surface area contributed by atoms with Crippen LogP contribution in [0, 0.1) is 23.7 Å². The number of carbonyl (C=O) groups is 2. The SMILES string of the molecule is COC(=O)[C@@H]1[C@@H]([C@H](O)[C@@H]2COC(C)(C)O2)C=C[C@H]2COC(=O)[C@H]12. The normalized spacial score (nSPS) is 39.7. The molecule has 128 valence electrons. The van der Waals surface area contributed by atoms with Crippen molar-refractivity contribution >= 4 is 11.9 Å². The number of aliphatic hydroxyl groups is 1. The molecule has 0 aromatic rings. The lowest BCUT2D eigenvalue weighted by atomic mass is 9.69. The second-order valence-electron chi connectivity index (χ2n) is 6.69. The van der Waals surface area contributed by atoms with Crippen LogP contribution in [0.25, 0.3) is 0 Å². The quantitative estimate of drug-likeness (QED) is 0.588. The maximum atomic E-state index is 12.3. The molecule has 2 saturated heterocycles. The van der Waals surface area contributed by atoms with Crippen molar-refractivity contribution in [2.75, 3.05) is 20.3 Å². The molecule has 23 heavy (non-hydrogen) atoms. The van der Waals surface area contributed by atoms with Crippen LogP contribution in [-0.4, -0.2) is 55.4 Å². The van der Waals surface area contributed by atoms with Crippen molar-refractivity contribution in [3.8, 4) is 0 Å². The van der Waals surface area contributed by atoms with Gasteiger partial charge in [-0.25, -0.2) is 0 Å². The van der Waals surface area contributed by atoms with E-state index in [4.69, 9.17) is 18.9 Å². The fraction of sp³-hybridized carbons (Fsp3) is 0.750. The Kier molecular flexibility index (Phi) is 4.20. The average molecular weight is 326 g/mol. The van der Waals surface area contributed by atoms with Crippen LogP contribution >= 0.6 is 0 Å². The van der Waals surface area contributed by atoms with Gasteiger partial charge in [0, 0.05) is 11.8 Å². The van der Waals surface area contributed by atoms with Crippen LogP contribution in [0.1, 0.15) is 13.8 Å². The van der Waals surface area contributed by atoms with Crippen LogP contribution in [0.15, 0.2) is 12.2 Å². The molecule has 2 heterocycles. The van der Waals surface area contributed by atoms with E-state index in [2.05, 4.69) is 0 Å². The van der Waals surface area contributed by atoms with E-state index in [1.54, 1.807) is 19.9 Å². The van der Waals surface area contributed by atoms with Gasteiger partial charge in [-0.1, -0.05) is 12.2 Å². The Labute approximate surface area is 134 Å². The first-order chi connectivity index (χ1) is 10.8. The predicted molar refractivity (Wildman–Crippen MR) is 77.0 cm³/mol. The summed E-state index contributed by atoms with van der Waals surface area (Å²) in [6.07, 6.45) is 2.06. The van der Waals surface area contributed by atoms with Crippen molar-refractivity contribution in [2.24, 2.45) is 23.7 Å². The molecule has 1 aliphatic carbocycles. The molecule has 2 fully saturated rings. The van der Waals surface area contributed by atoms with E-state index in [1.165, 1.54) is 7.11 Å². The van der Waals surface area contributed by atoms with Crippen LogP contribution in [0.4, 0.5) is 0 Å². The zero-order chi connectivity index (χ0) is 16.8. The van der Waals surface area contributed by atoms with Crippen molar-refractivity contribution in [1.82, 2.24) is 0 Å². The van der Waals surface area contributed by atoms with Crippen LogP contribution in [0.2, 0.25) is 0 Å². The number of ether oxygens (including phenoxy) is 4. The lowest BCUT2D eigenvalue weighted by molar-refractivity contribution is -0.166. The molecule has 0 unspecified atom stereocenters. The first-order valence-electron chi connectivity index (χ1n) is 7.76. The second kappa shape index (κ2) is 5.89. The standard InChI is InChI=1S/C16H22O7/c1-16(2)22-7-10(23-16)13(17)9-5-4-8-6-21-15(19)11(8)12(9)14(18)20-3/h4-5,8-13,17H,6-7H2,1-3H3/t8-,9-,10-,11-,12+,13-/m0/s1. The molecule has 1 N–H and O–H groups in total. The van der Waals surface area contributed by atoms with Gasteiger partial charge in [-0.15, -0.1) is 0 Å². The molecule has 0 aromatic heterocycles. The summed E-state index contributed by atoms with van der Waals surface area (Å²) in [5.41, 5.74) is 0. The van der Waals surface area contributed by atoms with Crippen LogP contribution in [0.5, 0.6) is 0 Å². The summed E-state index contributed by atoms with van der Waals surface area (Å²) in [5, 5.41) is 10.7. The van der Waals surface area contributed by atoms with E-state index in [-0.39, 0.29) is 19.1 Å². The van der Waals surface area contributed by atoms with Crippen molar-refractivity contribution in [3.05, 3.63) is 12.2 Å². The summed E-state index contributed by atoms with van der Waals surface area (Å²) < 4.78 is 21.1. The highest BCUT2D eigenvalue weighted by atomic mass is 16.7. The minimum atomic E-state index is -0.980. The number of hydrogen-bond acceptors (Lipinski definition) is 7. The molecule has 0 amide bonds. The molecule has 0 radical (unpaired) electrons.